The first-order valence-electron chi connectivity index (χ1n) is 15.0. The van der Waals surface area contributed by atoms with E-state index in [1.807, 2.05) is 58.3 Å². The third-order valence-electron chi connectivity index (χ3n) is 9.05. The average Bonchev–Trinajstić information content (AvgIpc) is 3.60. The first kappa shape index (κ1) is 30.8. The van der Waals surface area contributed by atoms with Crippen molar-refractivity contribution in [2.45, 2.75) is 63.5 Å². The third kappa shape index (κ3) is 6.33. The zero-order valence-electron chi connectivity index (χ0n) is 24.8. The van der Waals surface area contributed by atoms with Crippen molar-refractivity contribution in [1.29, 1.82) is 5.26 Å². The van der Waals surface area contributed by atoms with Gasteiger partial charge < -0.3 is 15.1 Å². The Morgan fingerprint density at radius 1 is 0.952 bits per heavy atom. The van der Waals surface area contributed by atoms with Crippen molar-refractivity contribution in [2.75, 3.05) is 45.8 Å². The van der Waals surface area contributed by atoms with Crippen LogP contribution in [0.2, 0.25) is 10.0 Å². The van der Waals surface area contributed by atoms with Gasteiger partial charge in [-0.2, -0.15) is 5.26 Å². The number of nitrogens with zero attached hydrogens (tertiary/aromatic N) is 4. The largest absolute Gasteiger partial charge is 0.342 e. The number of hydrogen-bond acceptors (Lipinski definition) is 5. The summed E-state index contributed by atoms with van der Waals surface area (Å²) in [5, 5.41) is 15.9. The van der Waals surface area contributed by atoms with Crippen LogP contribution < -0.4 is 5.32 Å². The summed E-state index contributed by atoms with van der Waals surface area (Å²) in [7, 11) is 0. The number of rotatable bonds is 6. The maximum absolute atomic E-state index is 14.4. The van der Waals surface area contributed by atoms with E-state index in [2.05, 4.69) is 37.1 Å². The van der Waals surface area contributed by atoms with Gasteiger partial charge in [0, 0.05) is 61.3 Å². The van der Waals surface area contributed by atoms with E-state index in [-0.39, 0.29) is 23.3 Å². The van der Waals surface area contributed by atoms with Crippen LogP contribution >= 0.6 is 23.2 Å². The van der Waals surface area contributed by atoms with Crippen LogP contribution in [0.15, 0.2) is 48.5 Å². The van der Waals surface area contributed by atoms with Gasteiger partial charge >= 0.3 is 0 Å². The molecule has 3 heterocycles. The number of likely N-dealkylation sites (tertiary alicyclic amines) is 1. The van der Waals surface area contributed by atoms with Crippen molar-refractivity contribution in [3.8, 4) is 6.07 Å². The Bertz CT molecular complexity index is 1320. The fourth-order valence-corrected chi connectivity index (χ4v) is 7.35. The highest BCUT2D eigenvalue weighted by molar-refractivity contribution is 6.30. The number of piperazine rings is 1. The fourth-order valence-electron chi connectivity index (χ4n) is 7.02. The van der Waals surface area contributed by atoms with Crippen LogP contribution in [0.3, 0.4) is 0 Å². The molecule has 0 aliphatic carbocycles. The van der Waals surface area contributed by atoms with Crippen molar-refractivity contribution in [3.05, 3.63) is 69.7 Å². The maximum atomic E-state index is 14.4. The highest BCUT2D eigenvalue weighted by Gasteiger charge is 2.60. The number of carbonyl (C=O) groups excluding carboxylic acids is 2. The summed E-state index contributed by atoms with van der Waals surface area (Å²) in [5.41, 5.74) is 0.557. The number of benzene rings is 2. The lowest BCUT2D eigenvalue weighted by Gasteiger charge is -2.38. The lowest BCUT2D eigenvalue weighted by molar-refractivity contribution is -0.136. The zero-order valence-corrected chi connectivity index (χ0v) is 26.3. The second-order valence-corrected chi connectivity index (χ2v) is 14.0. The topological polar surface area (TPSA) is 79.7 Å². The molecule has 3 aliphatic heterocycles. The molecular weight excluding hydrogens is 569 g/mol. The van der Waals surface area contributed by atoms with Gasteiger partial charge in [0.1, 0.15) is 5.41 Å². The van der Waals surface area contributed by atoms with Crippen molar-refractivity contribution < 1.29 is 9.59 Å². The van der Waals surface area contributed by atoms with Gasteiger partial charge in [0.2, 0.25) is 11.8 Å². The van der Waals surface area contributed by atoms with Crippen LogP contribution in [0.25, 0.3) is 0 Å². The molecule has 7 nitrogen and oxygen atoms in total. The molecule has 2 aromatic rings. The molecule has 2 aromatic carbocycles. The van der Waals surface area contributed by atoms with E-state index in [0.717, 1.165) is 37.1 Å². The van der Waals surface area contributed by atoms with E-state index < -0.39 is 17.4 Å². The van der Waals surface area contributed by atoms with Crippen LogP contribution in [0.5, 0.6) is 0 Å². The van der Waals surface area contributed by atoms with E-state index in [4.69, 9.17) is 23.2 Å². The standard InChI is InChI=1S/C33H41Cl2N5O2/c1-32(2,3)20-27-33(22-36,24-9-11-25(34)12-10-24)29(23-7-6-8-26(35)19-23)30(37-27)31(42)40-17-15-38(16-18-40)21-28(41)39-13-4-5-14-39/h6-12,19,27,29-30,37H,4-5,13-18,20-21H2,1-3H3/t27-,29+,30-,33+/m1/s1. The number of hydrogen-bond donors (Lipinski definition) is 1. The monoisotopic (exact) mass is 609 g/mol. The molecule has 0 bridgehead atoms. The Balaban J connectivity index is 1.46. The van der Waals surface area contributed by atoms with E-state index in [0.29, 0.717) is 49.2 Å². The Labute approximate surface area is 259 Å². The Morgan fingerprint density at radius 3 is 2.21 bits per heavy atom. The summed E-state index contributed by atoms with van der Waals surface area (Å²) in [6, 6.07) is 16.8. The molecular formula is C33H41Cl2N5O2. The molecule has 3 fully saturated rings. The van der Waals surface area contributed by atoms with E-state index in [1.54, 1.807) is 0 Å². The molecule has 4 atom stereocenters. The van der Waals surface area contributed by atoms with Crippen molar-refractivity contribution in [2.24, 2.45) is 5.41 Å². The van der Waals surface area contributed by atoms with Gasteiger partial charge in [-0.1, -0.05) is 68.2 Å². The molecule has 0 unspecified atom stereocenters. The lowest BCUT2D eigenvalue weighted by Crippen LogP contribution is -2.55. The first-order chi connectivity index (χ1) is 20.0. The minimum atomic E-state index is -1.03. The smallest absolute Gasteiger partial charge is 0.240 e. The molecule has 0 spiro atoms. The highest BCUT2D eigenvalue weighted by atomic mass is 35.5. The Kier molecular flexibility index (Phi) is 9.20. The van der Waals surface area contributed by atoms with Gasteiger partial charge in [0.25, 0.3) is 0 Å². The summed E-state index contributed by atoms with van der Waals surface area (Å²) in [5.74, 6) is -0.315. The second kappa shape index (κ2) is 12.5. The molecule has 0 radical (unpaired) electrons. The molecule has 3 aliphatic rings. The van der Waals surface area contributed by atoms with E-state index in [1.165, 1.54) is 0 Å². The van der Waals surface area contributed by atoms with Crippen LogP contribution in [0.1, 0.15) is 57.1 Å². The van der Waals surface area contributed by atoms with Crippen LogP contribution in [0, 0.1) is 16.7 Å². The van der Waals surface area contributed by atoms with Crippen LogP contribution in [0.4, 0.5) is 0 Å². The molecule has 42 heavy (non-hydrogen) atoms. The Morgan fingerprint density at radius 2 is 1.62 bits per heavy atom. The maximum Gasteiger partial charge on any atom is 0.240 e. The molecule has 224 valence electrons. The van der Waals surface area contributed by atoms with Crippen molar-refractivity contribution in [1.82, 2.24) is 20.0 Å². The first-order valence-corrected chi connectivity index (χ1v) is 15.8. The minimum absolute atomic E-state index is 0.0181. The average molecular weight is 611 g/mol. The zero-order chi connectivity index (χ0) is 30.1. The van der Waals surface area contributed by atoms with Crippen LogP contribution in [-0.4, -0.2) is 84.4 Å². The third-order valence-corrected chi connectivity index (χ3v) is 9.54. The molecule has 9 heteroatoms. The molecule has 1 N–H and O–H groups in total. The summed E-state index contributed by atoms with van der Waals surface area (Å²) >= 11 is 12.8. The van der Waals surface area contributed by atoms with Gasteiger partial charge in [-0.05, 0) is 60.1 Å². The quantitative estimate of drug-likeness (QED) is 0.494. The number of nitrogens with one attached hydrogen (secondary N) is 1. The van der Waals surface area contributed by atoms with E-state index >= 15 is 0 Å². The molecule has 0 aromatic heterocycles. The van der Waals surface area contributed by atoms with Crippen LogP contribution in [-0.2, 0) is 15.0 Å². The normalized spacial score (nSPS) is 26.8. The predicted octanol–water partition coefficient (Wildman–Crippen LogP) is 5.08. The number of amides is 2. The van der Waals surface area contributed by atoms with Gasteiger partial charge in [-0.15, -0.1) is 0 Å². The van der Waals surface area contributed by atoms with Gasteiger partial charge in [-0.3, -0.25) is 14.5 Å². The number of halogens is 2. The van der Waals surface area contributed by atoms with Crippen molar-refractivity contribution in [3.63, 3.8) is 0 Å². The van der Waals surface area contributed by atoms with Gasteiger partial charge in [0.05, 0.1) is 18.7 Å². The van der Waals surface area contributed by atoms with Gasteiger partial charge in [-0.25, -0.2) is 0 Å². The van der Waals surface area contributed by atoms with E-state index in [9.17, 15) is 14.9 Å². The Hall–Kier alpha value is -2.63. The highest BCUT2D eigenvalue weighted by Crippen LogP contribution is 2.51. The lowest BCUT2D eigenvalue weighted by atomic mass is 9.63. The SMILES string of the molecule is CC(C)(C)C[C@H]1N[C@@H](C(=O)N2CCN(CC(=O)N3CCCC3)CC2)[C@H](c2cccc(Cl)c2)[C@@]1(C#N)c1ccc(Cl)cc1. The molecule has 5 rings (SSSR count). The number of carbonyl (C=O) groups is 2. The summed E-state index contributed by atoms with van der Waals surface area (Å²) in [6.45, 7) is 10.9. The molecule has 2 amide bonds. The minimum Gasteiger partial charge on any atom is -0.342 e. The second-order valence-electron chi connectivity index (χ2n) is 13.2. The number of nitriles is 1. The summed E-state index contributed by atoms with van der Waals surface area (Å²) in [6.07, 6.45) is 2.84. The summed E-state index contributed by atoms with van der Waals surface area (Å²) in [4.78, 5) is 33.1. The molecule has 0 saturated carbocycles. The molecule has 3 saturated heterocycles. The van der Waals surface area contributed by atoms with Crippen molar-refractivity contribution >= 4 is 35.0 Å². The predicted molar refractivity (Wildman–Crippen MR) is 167 cm³/mol. The summed E-state index contributed by atoms with van der Waals surface area (Å²) < 4.78 is 0. The van der Waals surface area contributed by atoms with Gasteiger partial charge in [0.15, 0.2) is 0 Å². The fraction of sp³-hybridized carbons (Fsp3) is 0.545.